The first-order valence-corrected chi connectivity index (χ1v) is 6.06. The third kappa shape index (κ3) is 2.08. The number of hydrogen-bond acceptors (Lipinski definition) is 3. The number of benzene rings is 1. The maximum absolute atomic E-state index is 5.72. The van der Waals surface area contributed by atoms with E-state index in [0.717, 1.165) is 28.3 Å². The van der Waals surface area contributed by atoms with E-state index in [2.05, 4.69) is 16.9 Å². The highest BCUT2D eigenvalue weighted by atomic mass is 15.1. The van der Waals surface area contributed by atoms with Gasteiger partial charge in [-0.05, 0) is 42.8 Å². The van der Waals surface area contributed by atoms with Crippen molar-refractivity contribution in [1.29, 1.82) is 0 Å². The van der Waals surface area contributed by atoms with Gasteiger partial charge in [0.15, 0.2) is 0 Å². The van der Waals surface area contributed by atoms with Gasteiger partial charge in [-0.1, -0.05) is 0 Å². The van der Waals surface area contributed by atoms with E-state index < -0.39 is 0 Å². The van der Waals surface area contributed by atoms with E-state index in [1.165, 1.54) is 0 Å². The molecule has 0 aliphatic rings. The van der Waals surface area contributed by atoms with Crippen LogP contribution in [0.2, 0.25) is 0 Å². The average molecular weight is 250 g/mol. The molecule has 0 aliphatic carbocycles. The van der Waals surface area contributed by atoms with Gasteiger partial charge in [0.1, 0.15) is 5.82 Å². The normalized spacial score (nSPS) is 10.6. The zero-order valence-corrected chi connectivity index (χ0v) is 10.6. The summed E-state index contributed by atoms with van der Waals surface area (Å²) in [6, 6.07) is 9.69. The molecule has 0 saturated heterocycles. The zero-order chi connectivity index (χ0) is 13.2. The molecule has 0 aliphatic heterocycles. The van der Waals surface area contributed by atoms with Crippen LogP contribution in [0, 0.1) is 6.92 Å². The highest BCUT2D eigenvalue weighted by molar-refractivity contribution is 5.61. The monoisotopic (exact) mass is 250 g/mol. The van der Waals surface area contributed by atoms with Gasteiger partial charge >= 0.3 is 0 Å². The van der Waals surface area contributed by atoms with Crippen molar-refractivity contribution in [2.24, 2.45) is 0 Å². The Bertz CT molecular complexity index is 698. The SMILES string of the molecule is Cc1ccncc1-n1ccnc1-c1ccc(N)cc1. The van der Waals surface area contributed by atoms with Crippen LogP contribution in [0.1, 0.15) is 5.56 Å². The van der Waals surface area contributed by atoms with Crippen LogP contribution in [0.15, 0.2) is 55.1 Å². The number of nitrogen functional groups attached to an aromatic ring is 1. The predicted molar refractivity (Wildman–Crippen MR) is 75.9 cm³/mol. The molecule has 0 amide bonds. The molecular weight excluding hydrogens is 236 g/mol. The first kappa shape index (κ1) is 11.5. The van der Waals surface area contributed by atoms with Gasteiger partial charge in [0, 0.05) is 29.8 Å². The van der Waals surface area contributed by atoms with Crippen LogP contribution in [0.25, 0.3) is 17.1 Å². The van der Waals surface area contributed by atoms with Crippen LogP contribution >= 0.6 is 0 Å². The molecule has 4 heteroatoms. The fraction of sp³-hybridized carbons (Fsp3) is 0.0667. The van der Waals surface area contributed by atoms with E-state index in [1.54, 1.807) is 12.4 Å². The number of hydrogen-bond donors (Lipinski definition) is 1. The summed E-state index contributed by atoms with van der Waals surface area (Å²) in [5.74, 6) is 0.885. The van der Waals surface area contributed by atoms with Crippen molar-refractivity contribution in [3.05, 3.63) is 60.7 Å². The minimum Gasteiger partial charge on any atom is -0.399 e. The molecule has 1 aromatic carbocycles. The smallest absolute Gasteiger partial charge is 0.144 e. The summed E-state index contributed by atoms with van der Waals surface area (Å²) in [5.41, 5.74) is 9.69. The van der Waals surface area contributed by atoms with Gasteiger partial charge in [0.25, 0.3) is 0 Å². The molecule has 0 bridgehead atoms. The molecule has 0 atom stereocenters. The van der Waals surface area contributed by atoms with Gasteiger partial charge in [-0.15, -0.1) is 0 Å². The van der Waals surface area contributed by atoms with Gasteiger partial charge in [-0.3, -0.25) is 9.55 Å². The Hall–Kier alpha value is -2.62. The van der Waals surface area contributed by atoms with E-state index in [-0.39, 0.29) is 0 Å². The molecule has 0 spiro atoms. The minimum atomic E-state index is 0.749. The number of aryl methyl sites for hydroxylation is 1. The Kier molecular flexibility index (Phi) is 2.76. The lowest BCUT2D eigenvalue weighted by molar-refractivity contribution is 1.03. The molecule has 2 N–H and O–H groups in total. The summed E-state index contributed by atoms with van der Waals surface area (Å²) in [4.78, 5) is 8.61. The molecule has 3 aromatic rings. The van der Waals surface area contributed by atoms with Gasteiger partial charge in [-0.2, -0.15) is 0 Å². The second-order valence-corrected chi connectivity index (χ2v) is 4.41. The lowest BCUT2D eigenvalue weighted by Crippen LogP contribution is -1.99. The Balaban J connectivity index is 2.13. The van der Waals surface area contributed by atoms with Crippen molar-refractivity contribution in [2.45, 2.75) is 6.92 Å². The molecule has 19 heavy (non-hydrogen) atoms. The predicted octanol–water partition coefficient (Wildman–Crippen LogP) is 2.82. The van der Waals surface area contributed by atoms with Gasteiger partial charge in [0.05, 0.1) is 11.9 Å². The van der Waals surface area contributed by atoms with Crippen LogP contribution in [0.4, 0.5) is 5.69 Å². The summed E-state index contributed by atoms with van der Waals surface area (Å²) in [7, 11) is 0. The maximum Gasteiger partial charge on any atom is 0.144 e. The third-order valence-electron chi connectivity index (χ3n) is 3.08. The summed E-state index contributed by atoms with van der Waals surface area (Å²) in [6.45, 7) is 2.06. The second kappa shape index (κ2) is 4.57. The molecule has 2 aromatic heterocycles. The third-order valence-corrected chi connectivity index (χ3v) is 3.08. The van der Waals surface area contributed by atoms with Gasteiger partial charge in [0.2, 0.25) is 0 Å². The number of anilines is 1. The lowest BCUT2D eigenvalue weighted by atomic mass is 10.2. The topological polar surface area (TPSA) is 56.7 Å². The highest BCUT2D eigenvalue weighted by Crippen LogP contribution is 2.23. The van der Waals surface area contributed by atoms with Gasteiger partial charge in [-0.25, -0.2) is 4.98 Å². The van der Waals surface area contributed by atoms with Crippen molar-refractivity contribution in [2.75, 3.05) is 5.73 Å². The van der Waals surface area contributed by atoms with Crippen molar-refractivity contribution < 1.29 is 0 Å². The highest BCUT2D eigenvalue weighted by Gasteiger charge is 2.09. The Morgan fingerprint density at radius 2 is 1.84 bits per heavy atom. The molecule has 0 radical (unpaired) electrons. The summed E-state index contributed by atoms with van der Waals surface area (Å²) < 4.78 is 2.04. The standard InChI is InChI=1S/C15H14N4/c1-11-6-7-17-10-14(11)19-9-8-18-15(19)12-2-4-13(16)5-3-12/h2-10H,16H2,1H3. The molecule has 94 valence electrons. The first-order valence-electron chi connectivity index (χ1n) is 6.06. The number of nitrogens with zero attached hydrogens (tertiary/aromatic N) is 3. The summed E-state index contributed by atoms with van der Waals surface area (Å²) in [6.07, 6.45) is 7.37. The minimum absolute atomic E-state index is 0.749. The Morgan fingerprint density at radius 1 is 1.05 bits per heavy atom. The largest absolute Gasteiger partial charge is 0.399 e. The van der Waals surface area contributed by atoms with Crippen molar-refractivity contribution in [3.8, 4) is 17.1 Å². The van der Waals surface area contributed by atoms with Crippen molar-refractivity contribution in [3.63, 3.8) is 0 Å². The first-order chi connectivity index (χ1) is 9.25. The molecule has 0 unspecified atom stereocenters. The fourth-order valence-corrected chi connectivity index (χ4v) is 2.05. The maximum atomic E-state index is 5.72. The summed E-state index contributed by atoms with van der Waals surface area (Å²) >= 11 is 0. The summed E-state index contributed by atoms with van der Waals surface area (Å²) in [5, 5.41) is 0. The number of nitrogens with two attached hydrogens (primary N) is 1. The van der Waals surface area contributed by atoms with E-state index in [0.29, 0.717) is 0 Å². The quantitative estimate of drug-likeness (QED) is 0.711. The molecule has 4 nitrogen and oxygen atoms in total. The molecule has 0 fully saturated rings. The Morgan fingerprint density at radius 3 is 2.58 bits per heavy atom. The fourth-order valence-electron chi connectivity index (χ4n) is 2.05. The Labute approximate surface area is 111 Å². The second-order valence-electron chi connectivity index (χ2n) is 4.41. The van der Waals surface area contributed by atoms with E-state index >= 15 is 0 Å². The van der Waals surface area contributed by atoms with Crippen LogP contribution in [0.3, 0.4) is 0 Å². The number of imidazole rings is 1. The van der Waals surface area contributed by atoms with Crippen molar-refractivity contribution in [1.82, 2.24) is 14.5 Å². The van der Waals surface area contributed by atoms with Gasteiger partial charge < -0.3 is 5.73 Å². The van der Waals surface area contributed by atoms with E-state index in [4.69, 9.17) is 5.73 Å². The van der Waals surface area contributed by atoms with Crippen molar-refractivity contribution >= 4 is 5.69 Å². The number of aromatic nitrogens is 3. The molecule has 3 rings (SSSR count). The molecular formula is C15H14N4. The van der Waals surface area contributed by atoms with Crippen LogP contribution in [-0.4, -0.2) is 14.5 Å². The molecule has 0 saturated carbocycles. The zero-order valence-electron chi connectivity index (χ0n) is 10.6. The van der Waals surface area contributed by atoms with E-state index in [1.807, 2.05) is 47.3 Å². The van der Waals surface area contributed by atoms with Crippen LogP contribution in [0.5, 0.6) is 0 Å². The number of rotatable bonds is 2. The lowest BCUT2D eigenvalue weighted by Gasteiger charge is -2.10. The van der Waals surface area contributed by atoms with E-state index in [9.17, 15) is 0 Å². The average Bonchev–Trinajstić information content (AvgIpc) is 2.89. The number of pyridine rings is 1. The van der Waals surface area contributed by atoms with Crippen LogP contribution < -0.4 is 5.73 Å². The molecule has 2 heterocycles. The van der Waals surface area contributed by atoms with Crippen LogP contribution in [-0.2, 0) is 0 Å².